The molecule has 2 aromatic rings. The summed E-state index contributed by atoms with van der Waals surface area (Å²) in [6, 6.07) is 5.10. The maximum Gasteiger partial charge on any atom is 0.262 e. The Hall–Kier alpha value is -2.44. The zero-order chi connectivity index (χ0) is 15.7. The fourth-order valence-electron chi connectivity index (χ4n) is 2.04. The summed E-state index contributed by atoms with van der Waals surface area (Å²) >= 11 is 0. The first-order valence-corrected chi connectivity index (χ1v) is 7.94. The van der Waals surface area contributed by atoms with Gasteiger partial charge < -0.3 is 9.30 Å². The van der Waals surface area contributed by atoms with Gasteiger partial charge in [-0.2, -0.15) is 9.57 Å². The van der Waals surface area contributed by atoms with Crippen LogP contribution >= 0.6 is 0 Å². The fraction of sp³-hybridized carbons (Fsp3) is 0.308. The van der Waals surface area contributed by atoms with E-state index in [9.17, 15) is 8.42 Å². The number of ether oxygens (including phenoxy) is 1. The maximum absolute atomic E-state index is 12.3. The van der Waals surface area contributed by atoms with Gasteiger partial charge in [0.15, 0.2) is 5.03 Å². The van der Waals surface area contributed by atoms with E-state index in [4.69, 9.17) is 10.00 Å². The Morgan fingerprint density at radius 1 is 1.41 bits per heavy atom. The quantitative estimate of drug-likeness (QED) is 0.794. The summed E-state index contributed by atoms with van der Waals surface area (Å²) < 4.78 is 33.0. The van der Waals surface area contributed by atoms with E-state index in [0.717, 1.165) is 0 Å². The third-order valence-electron chi connectivity index (χ3n) is 3.25. The van der Waals surface area contributed by atoms with Crippen LogP contribution in [0, 0.1) is 11.3 Å². The van der Waals surface area contributed by atoms with Crippen LogP contribution in [0.2, 0.25) is 0 Å². The highest BCUT2D eigenvalue weighted by Gasteiger charge is 2.39. The lowest BCUT2D eigenvalue weighted by molar-refractivity contribution is 0.0719. The standard InChI is InChI=1S/C13H13N5O3S/c1-17-8-13(16-9-17)22(19,20)18-6-11(7-18)21-12-4-10(5-14)2-3-15-12/h2-4,8-9,11H,6-7H2,1H3. The second kappa shape index (κ2) is 5.40. The Bertz CT molecular complexity index is 833. The zero-order valence-corrected chi connectivity index (χ0v) is 12.6. The second-order valence-corrected chi connectivity index (χ2v) is 6.82. The molecule has 0 N–H and O–H groups in total. The third-order valence-corrected chi connectivity index (χ3v) is 4.97. The topological polar surface area (TPSA) is 101 Å². The normalized spacial score (nSPS) is 16.0. The summed E-state index contributed by atoms with van der Waals surface area (Å²) in [6.45, 7) is 0.467. The van der Waals surface area contributed by atoms with Gasteiger partial charge in [0.25, 0.3) is 10.0 Å². The van der Waals surface area contributed by atoms with Crippen molar-refractivity contribution in [1.82, 2.24) is 18.8 Å². The summed E-state index contributed by atoms with van der Waals surface area (Å²) in [5.41, 5.74) is 0.447. The average molecular weight is 319 g/mol. The molecule has 114 valence electrons. The molecule has 0 saturated carbocycles. The van der Waals surface area contributed by atoms with Crippen LogP contribution in [0.25, 0.3) is 0 Å². The summed E-state index contributed by atoms with van der Waals surface area (Å²) in [5, 5.41) is 8.84. The van der Waals surface area contributed by atoms with E-state index in [1.54, 1.807) is 17.7 Å². The van der Waals surface area contributed by atoms with Gasteiger partial charge in [-0.05, 0) is 6.07 Å². The maximum atomic E-state index is 12.3. The van der Waals surface area contributed by atoms with Gasteiger partial charge in [0.2, 0.25) is 5.88 Å². The molecule has 3 rings (SSSR count). The average Bonchev–Trinajstić information content (AvgIpc) is 2.90. The van der Waals surface area contributed by atoms with Crippen LogP contribution in [-0.2, 0) is 17.1 Å². The van der Waals surface area contributed by atoms with E-state index in [-0.39, 0.29) is 24.2 Å². The van der Waals surface area contributed by atoms with E-state index in [1.165, 1.54) is 29.1 Å². The Morgan fingerprint density at radius 3 is 2.82 bits per heavy atom. The minimum absolute atomic E-state index is 0.0260. The first-order valence-electron chi connectivity index (χ1n) is 6.50. The third kappa shape index (κ3) is 2.66. The highest BCUT2D eigenvalue weighted by atomic mass is 32.2. The van der Waals surface area contributed by atoms with Crippen molar-refractivity contribution in [2.24, 2.45) is 7.05 Å². The summed E-state index contributed by atoms with van der Waals surface area (Å²) in [4.78, 5) is 7.87. The van der Waals surface area contributed by atoms with E-state index in [2.05, 4.69) is 9.97 Å². The molecule has 0 radical (unpaired) electrons. The monoisotopic (exact) mass is 319 g/mol. The van der Waals surface area contributed by atoms with Crippen molar-refractivity contribution in [3.8, 4) is 11.9 Å². The van der Waals surface area contributed by atoms with Gasteiger partial charge in [-0.15, -0.1) is 0 Å². The number of nitriles is 1. The predicted molar refractivity (Wildman–Crippen MR) is 75.3 cm³/mol. The van der Waals surface area contributed by atoms with E-state index < -0.39 is 10.0 Å². The summed E-state index contributed by atoms with van der Waals surface area (Å²) in [5.74, 6) is 0.318. The Labute approximate surface area is 127 Å². The minimum atomic E-state index is -3.57. The molecule has 22 heavy (non-hydrogen) atoms. The van der Waals surface area contributed by atoms with Gasteiger partial charge in [0.1, 0.15) is 6.10 Å². The van der Waals surface area contributed by atoms with Crippen LogP contribution in [0.4, 0.5) is 0 Å². The van der Waals surface area contributed by atoms with Crippen molar-refractivity contribution in [3.05, 3.63) is 36.4 Å². The van der Waals surface area contributed by atoms with Crippen molar-refractivity contribution in [3.63, 3.8) is 0 Å². The van der Waals surface area contributed by atoms with Crippen LogP contribution < -0.4 is 4.74 Å². The SMILES string of the molecule is Cn1cnc(S(=O)(=O)N2CC(Oc3cc(C#N)ccn3)C2)c1. The summed E-state index contributed by atoms with van der Waals surface area (Å²) in [6.07, 6.45) is 4.11. The highest BCUT2D eigenvalue weighted by molar-refractivity contribution is 7.89. The molecule has 2 aromatic heterocycles. The number of sulfonamides is 1. The number of hydrogen-bond acceptors (Lipinski definition) is 6. The number of hydrogen-bond donors (Lipinski definition) is 0. The molecule has 0 amide bonds. The van der Waals surface area contributed by atoms with Gasteiger partial charge in [-0.1, -0.05) is 0 Å². The lowest BCUT2D eigenvalue weighted by atomic mass is 10.2. The Kier molecular flexibility index (Phi) is 3.56. The van der Waals surface area contributed by atoms with Crippen LogP contribution in [0.1, 0.15) is 5.56 Å². The highest BCUT2D eigenvalue weighted by Crippen LogP contribution is 2.23. The Balaban J connectivity index is 1.63. The first-order chi connectivity index (χ1) is 10.5. The molecule has 1 saturated heterocycles. The molecular weight excluding hydrogens is 306 g/mol. The largest absolute Gasteiger partial charge is 0.471 e. The van der Waals surface area contributed by atoms with E-state index >= 15 is 0 Å². The molecule has 3 heterocycles. The molecule has 0 aromatic carbocycles. The lowest BCUT2D eigenvalue weighted by Crippen LogP contribution is -2.56. The van der Waals surface area contributed by atoms with Crippen LogP contribution in [0.3, 0.4) is 0 Å². The van der Waals surface area contributed by atoms with Crippen LogP contribution in [-0.4, -0.2) is 46.5 Å². The first kappa shape index (κ1) is 14.5. The zero-order valence-electron chi connectivity index (χ0n) is 11.7. The van der Waals surface area contributed by atoms with Gasteiger partial charge in [-0.3, -0.25) is 0 Å². The van der Waals surface area contributed by atoms with E-state index in [0.29, 0.717) is 11.4 Å². The van der Waals surface area contributed by atoms with E-state index in [1.807, 2.05) is 6.07 Å². The fourth-order valence-corrected chi connectivity index (χ4v) is 3.51. The molecule has 0 spiro atoms. The number of imidazole rings is 1. The second-order valence-electron chi connectivity index (χ2n) is 4.93. The van der Waals surface area contributed by atoms with Crippen LogP contribution in [0.15, 0.2) is 35.9 Å². The molecular formula is C13H13N5O3S. The number of rotatable bonds is 4. The van der Waals surface area contributed by atoms with Crippen molar-refractivity contribution in [2.45, 2.75) is 11.1 Å². The predicted octanol–water partition coefficient (Wildman–Crippen LogP) is 0.139. The van der Waals surface area contributed by atoms with Gasteiger partial charge in [0, 0.05) is 25.5 Å². The molecule has 0 bridgehead atoms. The minimum Gasteiger partial charge on any atom is -0.471 e. The van der Waals surface area contributed by atoms with Crippen molar-refractivity contribution in [2.75, 3.05) is 13.1 Å². The van der Waals surface area contributed by atoms with Gasteiger partial charge in [0.05, 0.1) is 31.0 Å². The number of aryl methyl sites for hydroxylation is 1. The number of nitrogens with zero attached hydrogens (tertiary/aromatic N) is 5. The molecule has 9 heteroatoms. The molecule has 1 fully saturated rings. The Morgan fingerprint density at radius 2 is 2.18 bits per heavy atom. The lowest BCUT2D eigenvalue weighted by Gasteiger charge is -2.36. The molecule has 0 unspecified atom stereocenters. The summed E-state index contributed by atoms with van der Waals surface area (Å²) in [7, 11) is -1.86. The molecule has 0 aliphatic carbocycles. The number of pyridine rings is 1. The van der Waals surface area contributed by atoms with Crippen LogP contribution in [0.5, 0.6) is 5.88 Å². The van der Waals surface area contributed by atoms with Crippen molar-refractivity contribution < 1.29 is 13.2 Å². The molecule has 0 atom stereocenters. The smallest absolute Gasteiger partial charge is 0.262 e. The number of aromatic nitrogens is 3. The molecule has 1 aliphatic rings. The molecule has 1 aliphatic heterocycles. The van der Waals surface area contributed by atoms with Crippen molar-refractivity contribution >= 4 is 10.0 Å². The van der Waals surface area contributed by atoms with Gasteiger partial charge >= 0.3 is 0 Å². The molecule has 8 nitrogen and oxygen atoms in total. The van der Waals surface area contributed by atoms with Gasteiger partial charge in [-0.25, -0.2) is 18.4 Å². The van der Waals surface area contributed by atoms with Crippen molar-refractivity contribution in [1.29, 1.82) is 5.26 Å².